The number of rotatable bonds is 5. The van der Waals surface area contributed by atoms with Crippen molar-refractivity contribution < 1.29 is 4.79 Å². The summed E-state index contributed by atoms with van der Waals surface area (Å²) in [6.07, 6.45) is 2.14. The molecule has 1 fully saturated rings. The number of piperidine rings is 1. The Morgan fingerprint density at radius 3 is 2.36 bits per heavy atom. The van der Waals surface area contributed by atoms with Crippen LogP contribution >= 0.6 is 24.8 Å². The summed E-state index contributed by atoms with van der Waals surface area (Å²) in [4.78, 5) is 16.3. The molecule has 1 heterocycles. The first kappa shape index (κ1) is 21.2. The van der Waals surface area contributed by atoms with Crippen LogP contribution in [0.4, 0.5) is 0 Å². The largest absolute Gasteiger partial charge is 0.342 e. The summed E-state index contributed by atoms with van der Waals surface area (Å²) >= 11 is 0. The molecule has 1 amide bonds. The van der Waals surface area contributed by atoms with Crippen molar-refractivity contribution in [3.05, 3.63) is 35.9 Å². The lowest BCUT2D eigenvalue weighted by molar-refractivity contribution is -0.131. The van der Waals surface area contributed by atoms with Gasteiger partial charge in [0.15, 0.2) is 0 Å². The SMILES string of the molecule is CNCC(=O)N(C)C1CCN(Cc2ccccc2)CC1.Cl.Cl. The van der Waals surface area contributed by atoms with Crippen molar-refractivity contribution in [1.82, 2.24) is 15.1 Å². The summed E-state index contributed by atoms with van der Waals surface area (Å²) in [5.74, 6) is 0.189. The topological polar surface area (TPSA) is 35.6 Å². The first-order valence-electron chi connectivity index (χ1n) is 7.37. The zero-order valence-electron chi connectivity index (χ0n) is 13.3. The van der Waals surface area contributed by atoms with Gasteiger partial charge in [0.2, 0.25) is 5.91 Å². The third-order valence-electron chi connectivity index (χ3n) is 4.08. The van der Waals surface area contributed by atoms with Crippen LogP contribution in [0.3, 0.4) is 0 Å². The van der Waals surface area contributed by atoms with Crippen LogP contribution in [0.15, 0.2) is 30.3 Å². The van der Waals surface area contributed by atoms with Crippen molar-refractivity contribution in [2.24, 2.45) is 0 Å². The highest BCUT2D eigenvalue weighted by Crippen LogP contribution is 2.17. The van der Waals surface area contributed by atoms with E-state index in [-0.39, 0.29) is 30.7 Å². The number of carbonyl (C=O) groups excluding carboxylic acids is 1. The van der Waals surface area contributed by atoms with Crippen LogP contribution in [0.5, 0.6) is 0 Å². The van der Waals surface area contributed by atoms with Crippen LogP contribution in [-0.4, -0.2) is 55.5 Å². The zero-order valence-corrected chi connectivity index (χ0v) is 15.0. The van der Waals surface area contributed by atoms with Gasteiger partial charge in [-0.2, -0.15) is 0 Å². The van der Waals surface area contributed by atoms with E-state index >= 15 is 0 Å². The normalized spacial score (nSPS) is 15.5. The Morgan fingerprint density at radius 2 is 1.82 bits per heavy atom. The Kier molecular flexibility index (Phi) is 10.4. The van der Waals surface area contributed by atoms with E-state index in [0.717, 1.165) is 32.5 Å². The second-order valence-corrected chi connectivity index (χ2v) is 5.53. The summed E-state index contributed by atoms with van der Waals surface area (Å²) in [5.41, 5.74) is 1.37. The second kappa shape index (κ2) is 10.8. The van der Waals surface area contributed by atoms with Crippen molar-refractivity contribution in [1.29, 1.82) is 0 Å². The Balaban J connectivity index is 0.00000220. The number of hydrogen-bond acceptors (Lipinski definition) is 3. The quantitative estimate of drug-likeness (QED) is 0.886. The minimum Gasteiger partial charge on any atom is -0.342 e. The Bertz CT molecular complexity index is 423. The molecule has 22 heavy (non-hydrogen) atoms. The molecule has 1 aliphatic rings. The predicted octanol–water partition coefficient (Wildman–Crippen LogP) is 2.17. The lowest BCUT2D eigenvalue weighted by Crippen LogP contribution is -2.47. The van der Waals surface area contributed by atoms with Crippen molar-refractivity contribution in [3.63, 3.8) is 0 Å². The monoisotopic (exact) mass is 347 g/mol. The first-order valence-corrected chi connectivity index (χ1v) is 7.37. The maximum absolute atomic E-state index is 11.9. The summed E-state index contributed by atoms with van der Waals surface area (Å²) in [5, 5.41) is 2.93. The fourth-order valence-electron chi connectivity index (χ4n) is 2.79. The van der Waals surface area contributed by atoms with Gasteiger partial charge in [-0.3, -0.25) is 9.69 Å². The average molecular weight is 348 g/mol. The molecule has 0 saturated carbocycles. The Labute approximate surface area is 146 Å². The highest BCUT2D eigenvalue weighted by molar-refractivity contribution is 5.85. The van der Waals surface area contributed by atoms with Gasteiger partial charge in [-0.25, -0.2) is 0 Å². The molecule has 1 N–H and O–H groups in total. The van der Waals surface area contributed by atoms with Gasteiger partial charge in [0, 0.05) is 32.7 Å². The summed E-state index contributed by atoms with van der Waals surface area (Å²) < 4.78 is 0. The van der Waals surface area contributed by atoms with Gasteiger partial charge in [-0.05, 0) is 25.5 Å². The van der Waals surface area contributed by atoms with Crippen molar-refractivity contribution in [2.45, 2.75) is 25.4 Å². The fraction of sp³-hybridized carbons (Fsp3) is 0.562. The lowest BCUT2D eigenvalue weighted by atomic mass is 10.0. The van der Waals surface area contributed by atoms with E-state index in [4.69, 9.17) is 0 Å². The molecule has 4 nitrogen and oxygen atoms in total. The maximum atomic E-state index is 11.9. The molecule has 1 aromatic carbocycles. The summed E-state index contributed by atoms with van der Waals surface area (Å²) in [6.45, 7) is 3.58. The summed E-state index contributed by atoms with van der Waals surface area (Å²) in [6, 6.07) is 11.0. The molecular weight excluding hydrogens is 321 g/mol. The molecule has 1 aliphatic heterocycles. The highest BCUT2D eigenvalue weighted by Gasteiger charge is 2.24. The van der Waals surface area contributed by atoms with Gasteiger partial charge in [0.25, 0.3) is 0 Å². The van der Waals surface area contributed by atoms with Gasteiger partial charge in [-0.1, -0.05) is 30.3 Å². The van der Waals surface area contributed by atoms with Gasteiger partial charge in [0.05, 0.1) is 6.54 Å². The third kappa shape index (κ3) is 6.13. The number of benzene rings is 1. The van der Waals surface area contributed by atoms with Crippen LogP contribution in [0.2, 0.25) is 0 Å². The van der Waals surface area contributed by atoms with Gasteiger partial charge in [-0.15, -0.1) is 24.8 Å². The molecule has 0 aliphatic carbocycles. The second-order valence-electron chi connectivity index (χ2n) is 5.53. The van der Waals surface area contributed by atoms with Crippen molar-refractivity contribution in [3.8, 4) is 0 Å². The molecule has 2 rings (SSSR count). The number of likely N-dealkylation sites (N-methyl/N-ethyl adjacent to an activating group) is 2. The molecule has 6 heteroatoms. The molecule has 126 valence electrons. The number of likely N-dealkylation sites (tertiary alicyclic amines) is 1. The first-order chi connectivity index (χ1) is 9.70. The van der Waals surface area contributed by atoms with Crippen molar-refractivity contribution in [2.75, 3.05) is 33.7 Å². The third-order valence-corrected chi connectivity index (χ3v) is 4.08. The van der Waals surface area contributed by atoms with Crippen LogP contribution < -0.4 is 5.32 Å². The Morgan fingerprint density at radius 1 is 1.23 bits per heavy atom. The maximum Gasteiger partial charge on any atom is 0.236 e. The van der Waals surface area contributed by atoms with E-state index in [1.54, 1.807) is 0 Å². The molecule has 0 radical (unpaired) electrons. The predicted molar refractivity (Wildman–Crippen MR) is 95.9 cm³/mol. The molecule has 0 unspecified atom stereocenters. The highest BCUT2D eigenvalue weighted by atomic mass is 35.5. The molecule has 0 aromatic heterocycles. The number of nitrogens with one attached hydrogen (secondary N) is 1. The molecule has 0 spiro atoms. The Hall–Kier alpha value is -0.810. The van der Waals surface area contributed by atoms with E-state index in [2.05, 4.69) is 40.5 Å². The van der Waals surface area contributed by atoms with E-state index in [0.29, 0.717) is 12.6 Å². The smallest absolute Gasteiger partial charge is 0.236 e. The van der Waals surface area contributed by atoms with E-state index < -0.39 is 0 Å². The van der Waals surface area contributed by atoms with Crippen LogP contribution in [0.25, 0.3) is 0 Å². The van der Waals surface area contributed by atoms with E-state index in [1.807, 2.05) is 19.0 Å². The van der Waals surface area contributed by atoms with E-state index in [1.165, 1.54) is 5.56 Å². The van der Waals surface area contributed by atoms with Crippen molar-refractivity contribution >= 4 is 30.7 Å². The van der Waals surface area contributed by atoms with E-state index in [9.17, 15) is 4.79 Å². The molecule has 0 bridgehead atoms. The minimum absolute atomic E-state index is 0. The number of carbonyl (C=O) groups is 1. The molecule has 1 aromatic rings. The zero-order chi connectivity index (χ0) is 14.4. The lowest BCUT2D eigenvalue weighted by Gasteiger charge is -2.36. The number of nitrogens with zero attached hydrogens (tertiary/aromatic N) is 2. The number of hydrogen-bond donors (Lipinski definition) is 1. The van der Waals surface area contributed by atoms with Gasteiger partial charge < -0.3 is 10.2 Å². The van der Waals surface area contributed by atoms with Crippen LogP contribution in [-0.2, 0) is 11.3 Å². The number of amides is 1. The fourth-order valence-corrected chi connectivity index (χ4v) is 2.79. The van der Waals surface area contributed by atoms with Gasteiger partial charge >= 0.3 is 0 Å². The summed E-state index contributed by atoms with van der Waals surface area (Å²) in [7, 11) is 3.74. The molecule has 0 atom stereocenters. The standard InChI is InChI=1S/C16H25N3O.2ClH/c1-17-12-16(20)18(2)15-8-10-19(11-9-15)13-14-6-4-3-5-7-14;;/h3-7,15,17H,8-13H2,1-2H3;2*1H. The van der Waals surface area contributed by atoms with Gasteiger partial charge in [0.1, 0.15) is 0 Å². The van der Waals surface area contributed by atoms with Crippen LogP contribution in [0.1, 0.15) is 18.4 Å². The molecular formula is C16H27Cl2N3O. The minimum atomic E-state index is 0. The molecule has 1 saturated heterocycles. The average Bonchev–Trinajstić information content (AvgIpc) is 2.48. The van der Waals surface area contributed by atoms with Crippen LogP contribution in [0, 0.1) is 0 Å². The number of halogens is 2.